The molecule has 0 bridgehead atoms. The number of rotatable bonds is 5. The van der Waals surface area contributed by atoms with E-state index in [1.807, 2.05) is 35.1 Å². The van der Waals surface area contributed by atoms with E-state index in [0.717, 1.165) is 5.56 Å². The Balaban J connectivity index is 0.00000242. The van der Waals surface area contributed by atoms with Crippen LogP contribution in [0.15, 0.2) is 65.6 Å². The van der Waals surface area contributed by atoms with E-state index in [1.54, 1.807) is 18.2 Å². The van der Waals surface area contributed by atoms with E-state index in [9.17, 15) is 13.2 Å². The summed E-state index contributed by atoms with van der Waals surface area (Å²) >= 11 is 0. The number of amides is 1. The summed E-state index contributed by atoms with van der Waals surface area (Å²) < 4.78 is 26.0. The highest BCUT2D eigenvalue weighted by atomic mass is 35.5. The second kappa shape index (κ2) is 7.93. The van der Waals surface area contributed by atoms with Gasteiger partial charge in [-0.05, 0) is 24.1 Å². The summed E-state index contributed by atoms with van der Waals surface area (Å²) in [4.78, 5) is 12.0. The Morgan fingerprint density at radius 3 is 2.05 bits per heavy atom. The van der Waals surface area contributed by atoms with E-state index in [-0.39, 0.29) is 23.7 Å². The van der Waals surface area contributed by atoms with Crippen LogP contribution >= 0.6 is 12.4 Å². The van der Waals surface area contributed by atoms with Crippen LogP contribution in [0.25, 0.3) is 0 Å². The minimum Gasteiger partial charge on any atom is -0.320 e. The molecule has 0 aliphatic heterocycles. The third-order valence-electron chi connectivity index (χ3n) is 2.92. The number of carbonyl (C=O) groups excluding carboxylic acids is 1. The van der Waals surface area contributed by atoms with Crippen LogP contribution < -0.4 is 10.5 Å². The molecule has 2 rings (SSSR count). The van der Waals surface area contributed by atoms with Gasteiger partial charge in [0, 0.05) is 0 Å². The molecule has 118 valence electrons. The Labute approximate surface area is 136 Å². The molecule has 0 aromatic heterocycles. The molecule has 7 heteroatoms. The van der Waals surface area contributed by atoms with Crippen molar-refractivity contribution in [2.75, 3.05) is 0 Å². The molecule has 1 atom stereocenters. The van der Waals surface area contributed by atoms with Crippen LogP contribution in [0.5, 0.6) is 0 Å². The lowest BCUT2D eigenvalue weighted by molar-refractivity contribution is -0.120. The van der Waals surface area contributed by atoms with Gasteiger partial charge in [-0.25, -0.2) is 13.1 Å². The van der Waals surface area contributed by atoms with Crippen LogP contribution in [-0.2, 0) is 21.2 Å². The first-order valence-electron chi connectivity index (χ1n) is 6.40. The zero-order valence-corrected chi connectivity index (χ0v) is 13.3. The lowest BCUT2D eigenvalue weighted by atomic mass is 10.1. The number of halogens is 1. The van der Waals surface area contributed by atoms with E-state index < -0.39 is 22.0 Å². The summed E-state index contributed by atoms with van der Waals surface area (Å²) in [6, 6.07) is 16.0. The van der Waals surface area contributed by atoms with Crippen LogP contribution in [0.1, 0.15) is 5.56 Å². The fraction of sp³-hybridized carbons (Fsp3) is 0.133. The van der Waals surface area contributed by atoms with E-state index in [1.165, 1.54) is 12.1 Å². The monoisotopic (exact) mass is 340 g/mol. The summed E-state index contributed by atoms with van der Waals surface area (Å²) in [5.74, 6) is -0.720. The van der Waals surface area contributed by atoms with Crippen molar-refractivity contribution in [1.29, 1.82) is 0 Å². The Bertz CT molecular complexity index is 706. The molecular formula is C15H17ClN2O3S. The fourth-order valence-electron chi connectivity index (χ4n) is 1.83. The maximum atomic E-state index is 12.0. The van der Waals surface area contributed by atoms with Gasteiger partial charge in [-0.2, -0.15) is 0 Å². The Morgan fingerprint density at radius 1 is 1.00 bits per heavy atom. The van der Waals surface area contributed by atoms with Gasteiger partial charge in [-0.1, -0.05) is 48.5 Å². The molecule has 0 fully saturated rings. The van der Waals surface area contributed by atoms with Crippen molar-refractivity contribution >= 4 is 28.3 Å². The lowest BCUT2D eigenvalue weighted by Gasteiger charge is -2.12. The van der Waals surface area contributed by atoms with Gasteiger partial charge in [0.15, 0.2) is 0 Å². The predicted octanol–water partition coefficient (Wildman–Crippen LogP) is 1.48. The second-order valence-corrected chi connectivity index (χ2v) is 6.26. The zero-order valence-electron chi connectivity index (χ0n) is 11.7. The maximum Gasteiger partial charge on any atom is 0.264 e. The van der Waals surface area contributed by atoms with E-state index in [4.69, 9.17) is 5.73 Å². The molecule has 1 unspecified atom stereocenters. The van der Waals surface area contributed by atoms with Crippen LogP contribution in [0.2, 0.25) is 0 Å². The third kappa shape index (κ3) is 4.84. The van der Waals surface area contributed by atoms with Crippen molar-refractivity contribution in [3.8, 4) is 0 Å². The smallest absolute Gasteiger partial charge is 0.264 e. The molecule has 0 spiro atoms. The largest absolute Gasteiger partial charge is 0.320 e. The number of hydrogen-bond donors (Lipinski definition) is 2. The first-order valence-corrected chi connectivity index (χ1v) is 7.88. The predicted molar refractivity (Wildman–Crippen MR) is 87.1 cm³/mol. The minimum absolute atomic E-state index is 0. The molecule has 0 aliphatic rings. The Kier molecular flexibility index (Phi) is 6.55. The van der Waals surface area contributed by atoms with Crippen LogP contribution in [0.4, 0.5) is 0 Å². The van der Waals surface area contributed by atoms with Gasteiger partial charge in [0.05, 0.1) is 10.9 Å². The van der Waals surface area contributed by atoms with Crippen molar-refractivity contribution in [2.45, 2.75) is 17.4 Å². The number of carbonyl (C=O) groups is 1. The molecule has 0 aliphatic carbocycles. The normalized spacial score (nSPS) is 12.0. The molecule has 2 aromatic rings. The summed E-state index contributed by atoms with van der Waals surface area (Å²) in [5, 5.41) is 0. The number of benzene rings is 2. The first kappa shape index (κ1) is 18.2. The third-order valence-corrected chi connectivity index (χ3v) is 4.29. The summed E-state index contributed by atoms with van der Waals surface area (Å²) in [6.45, 7) is 0. The standard InChI is InChI=1S/C15H16N2O3S.ClH/c16-14(11-12-7-3-1-4-8-12)15(18)17-21(19,20)13-9-5-2-6-10-13;/h1-10,14H,11,16H2,(H,17,18);1H. The quantitative estimate of drug-likeness (QED) is 0.862. The van der Waals surface area contributed by atoms with Crippen LogP contribution in [0, 0.1) is 0 Å². The molecule has 0 radical (unpaired) electrons. The highest BCUT2D eigenvalue weighted by Gasteiger charge is 2.21. The summed E-state index contributed by atoms with van der Waals surface area (Å²) in [5.41, 5.74) is 6.63. The van der Waals surface area contributed by atoms with Crippen molar-refractivity contribution < 1.29 is 13.2 Å². The van der Waals surface area contributed by atoms with Gasteiger partial charge in [0.25, 0.3) is 15.9 Å². The average molecular weight is 341 g/mol. The average Bonchev–Trinajstić information content (AvgIpc) is 2.48. The van der Waals surface area contributed by atoms with Crippen LogP contribution in [0.3, 0.4) is 0 Å². The lowest BCUT2D eigenvalue weighted by Crippen LogP contribution is -2.44. The molecule has 5 nitrogen and oxygen atoms in total. The second-order valence-electron chi connectivity index (χ2n) is 4.58. The fourth-order valence-corrected chi connectivity index (χ4v) is 2.88. The number of hydrogen-bond acceptors (Lipinski definition) is 4. The van der Waals surface area contributed by atoms with Gasteiger partial charge in [-0.3, -0.25) is 4.79 Å². The molecule has 22 heavy (non-hydrogen) atoms. The number of sulfonamides is 1. The minimum atomic E-state index is -3.88. The first-order chi connectivity index (χ1) is 9.99. The number of nitrogens with two attached hydrogens (primary N) is 1. The van der Waals surface area contributed by atoms with Crippen molar-refractivity contribution in [3.05, 3.63) is 66.2 Å². The highest BCUT2D eigenvalue weighted by molar-refractivity contribution is 7.90. The molecule has 0 saturated carbocycles. The van der Waals surface area contributed by atoms with Gasteiger partial charge >= 0.3 is 0 Å². The van der Waals surface area contributed by atoms with Crippen molar-refractivity contribution in [3.63, 3.8) is 0 Å². The molecule has 1 amide bonds. The molecule has 0 saturated heterocycles. The van der Waals surface area contributed by atoms with Gasteiger partial charge in [0.2, 0.25) is 0 Å². The van der Waals surface area contributed by atoms with Crippen molar-refractivity contribution in [1.82, 2.24) is 4.72 Å². The highest BCUT2D eigenvalue weighted by Crippen LogP contribution is 2.08. The van der Waals surface area contributed by atoms with E-state index >= 15 is 0 Å². The summed E-state index contributed by atoms with van der Waals surface area (Å²) in [7, 11) is -3.88. The van der Waals surface area contributed by atoms with Gasteiger partial charge < -0.3 is 5.73 Å². The maximum absolute atomic E-state index is 12.0. The molecule has 3 N–H and O–H groups in total. The molecule has 0 heterocycles. The van der Waals surface area contributed by atoms with Crippen molar-refractivity contribution in [2.24, 2.45) is 5.73 Å². The summed E-state index contributed by atoms with van der Waals surface area (Å²) in [6.07, 6.45) is 0.275. The zero-order chi connectivity index (χ0) is 15.3. The molecular weight excluding hydrogens is 324 g/mol. The molecule has 2 aromatic carbocycles. The Morgan fingerprint density at radius 2 is 1.50 bits per heavy atom. The van der Waals surface area contributed by atoms with E-state index in [2.05, 4.69) is 0 Å². The van der Waals surface area contributed by atoms with Gasteiger partial charge in [0.1, 0.15) is 0 Å². The number of nitrogens with one attached hydrogen (secondary N) is 1. The topological polar surface area (TPSA) is 89.3 Å². The Hall–Kier alpha value is -1.89. The SMILES string of the molecule is Cl.NC(Cc1ccccc1)C(=O)NS(=O)(=O)c1ccccc1. The van der Waals surface area contributed by atoms with E-state index in [0.29, 0.717) is 0 Å². The van der Waals surface area contributed by atoms with Crippen LogP contribution in [-0.4, -0.2) is 20.4 Å². The van der Waals surface area contributed by atoms with Gasteiger partial charge in [-0.15, -0.1) is 12.4 Å².